The summed E-state index contributed by atoms with van der Waals surface area (Å²) in [4.78, 5) is 32.5. The molecule has 2 aromatic rings. The van der Waals surface area contributed by atoms with E-state index in [1.54, 1.807) is 11.0 Å². The number of benzene rings is 1. The summed E-state index contributed by atoms with van der Waals surface area (Å²) < 4.78 is 25.5. The standard InChI is InChI=1S/C31H44FN5O5/c1-3-4-5-6-14-33-31(40)41-20-37(18-13-24-21(2)34-29-26(38)8-7-15-36(29)30(24)39)16-11-22(12-17-37)28-25-10-9-23(32)19-27(25)42-35-28/h9-10,19,21-22,24,26,38H,3-8,11-18,20H2,1-2H3/p+1. The van der Waals surface area contributed by atoms with Crippen molar-refractivity contribution in [3.8, 4) is 0 Å². The number of ether oxygens (including phenoxy) is 1. The normalized spacial score (nSPS) is 28.0. The number of nitrogens with zero attached hydrogens (tertiary/aromatic N) is 4. The van der Waals surface area contributed by atoms with Crippen LogP contribution in [-0.4, -0.2) is 89.1 Å². The number of aliphatic imine (C=N–C) groups is 1. The molecule has 42 heavy (non-hydrogen) atoms. The van der Waals surface area contributed by atoms with Crippen LogP contribution in [0.4, 0.5) is 9.18 Å². The molecule has 3 unspecified atom stereocenters. The van der Waals surface area contributed by atoms with Crippen LogP contribution >= 0.6 is 0 Å². The van der Waals surface area contributed by atoms with Gasteiger partial charge in [0.1, 0.15) is 17.8 Å². The topological polar surface area (TPSA) is 117 Å². The van der Waals surface area contributed by atoms with Crippen molar-refractivity contribution in [3.63, 3.8) is 0 Å². The van der Waals surface area contributed by atoms with Crippen LogP contribution in [0.3, 0.4) is 0 Å². The zero-order valence-corrected chi connectivity index (χ0v) is 24.9. The fourth-order valence-electron chi connectivity index (χ4n) is 6.75. The van der Waals surface area contributed by atoms with Crippen LogP contribution < -0.4 is 5.32 Å². The van der Waals surface area contributed by atoms with Gasteiger partial charge in [0.2, 0.25) is 12.6 Å². The predicted octanol–water partition coefficient (Wildman–Crippen LogP) is 4.72. The molecule has 0 spiro atoms. The number of hydrogen-bond acceptors (Lipinski definition) is 7. The number of aliphatic hydroxyl groups excluding tert-OH is 1. The number of aromatic nitrogens is 1. The second-order valence-corrected chi connectivity index (χ2v) is 12.3. The maximum Gasteiger partial charge on any atom is 0.411 e. The summed E-state index contributed by atoms with van der Waals surface area (Å²) in [7, 11) is 0. The number of quaternary nitrogens is 1. The highest BCUT2D eigenvalue weighted by Gasteiger charge is 2.43. The minimum absolute atomic E-state index is 0.0336. The first kappa shape index (κ1) is 30.4. The molecule has 230 valence electrons. The highest BCUT2D eigenvalue weighted by atomic mass is 19.1. The third kappa shape index (κ3) is 6.78. The molecular formula is C31H45FN5O5+. The van der Waals surface area contributed by atoms with Gasteiger partial charge >= 0.3 is 6.09 Å². The van der Waals surface area contributed by atoms with Crippen molar-refractivity contribution in [2.75, 3.05) is 39.5 Å². The first-order chi connectivity index (χ1) is 20.3. The molecule has 3 atom stereocenters. The number of carbonyl (C=O) groups is 2. The molecule has 0 bridgehead atoms. The number of halogens is 1. The molecule has 3 aliphatic heterocycles. The van der Waals surface area contributed by atoms with Crippen LogP contribution in [0.1, 0.15) is 83.2 Å². The minimum atomic E-state index is -0.679. The quantitative estimate of drug-likeness (QED) is 0.291. The summed E-state index contributed by atoms with van der Waals surface area (Å²) in [6.07, 6.45) is 6.81. The first-order valence-corrected chi connectivity index (χ1v) is 15.7. The second-order valence-electron chi connectivity index (χ2n) is 12.3. The molecule has 0 saturated carbocycles. The van der Waals surface area contributed by atoms with Crippen LogP contribution in [0.25, 0.3) is 11.0 Å². The highest BCUT2D eigenvalue weighted by molar-refractivity contribution is 6.03. The van der Waals surface area contributed by atoms with E-state index in [0.717, 1.165) is 69.1 Å². The number of fused-ring (bicyclic) bond motifs is 2. The van der Waals surface area contributed by atoms with Gasteiger partial charge in [-0.3, -0.25) is 19.2 Å². The number of carbonyl (C=O) groups excluding carboxylic acids is 2. The van der Waals surface area contributed by atoms with E-state index in [9.17, 15) is 19.1 Å². The molecule has 2 amide bonds. The molecule has 3 aliphatic rings. The number of nitrogens with one attached hydrogen (secondary N) is 1. The first-order valence-electron chi connectivity index (χ1n) is 15.7. The predicted molar refractivity (Wildman–Crippen MR) is 156 cm³/mol. The zero-order valence-electron chi connectivity index (χ0n) is 24.9. The molecule has 0 aliphatic carbocycles. The van der Waals surface area contributed by atoms with Crippen molar-refractivity contribution in [1.29, 1.82) is 0 Å². The fraction of sp³-hybridized carbons (Fsp3) is 0.677. The maximum atomic E-state index is 13.7. The highest BCUT2D eigenvalue weighted by Crippen LogP contribution is 2.36. The van der Waals surface area contributed by atoms with Crippen LogP contribution in [-0.2, 0) is 9.53 Å². The Labute approximate surface area is 246 Å². The summed E-state index contributed by atoms with van der Waals surface area (Å²) >= 11 is 0. The Morgan fingerprint density at radius 2 is 2.05 bits per heavy atom. The largest absolute Gasteiger partial charge is 0.411 e. The van der Waals surface area contributed by atoms with Crippen molar-refractivity contribution < 1.29 is 32.8 Å². The lowest BCUT2D eigenvalue weighted by Gasteiger charge is -2.44. The summed E-state index contributed by atoms with van der Waals surface area (Å²) in [6, 6.07) is 4.30. The van der Waals surface area contributed by atoms with E-state index < -0.39 is 12.2 Å². The number of aliphatic hydroxyl groups is 1. The van der Waals surface area contributed by atoms with Crippen molar-refractivity contribution in [1.82, 2.24) is 15.4 Å². The minimum Gasteiger partial charge on any atom is -0.399 e. The van der Waals surface area contributed by atoms with Gasteiger partial charge in [-0.2, -0.15) is 0 Å². The molecule has 2 N–H and O–H groups in total. The van der Waals surface area contributed by atoms with Crippen LogP contribution in [0, 0.1) is 11.7 Å². The third-order valence-electron chi connectivity index (χ3n) is 9.37. The van der Waals surface area contributed by atoms with Crippen molar-refractivity contribution in [2.45, 2.75) is 89.7 Å². The SMILES string of the molecule is CCCCCCNC(=O)OC[N+]1(CCC2C(=O)N3CCCC(O)C3=NC2C)CCC(c2noc3cc(F)ccc23)CC1. The van der Waals surface area contributed by atoms with E-state index in [1.807, 2.05) is 6.92 Å². The van der Waals surface area contributed by atoms with E-state index >= 15 is 0 Å². The van der Waals surface area contributed by atoms with Crippen molar-refractivity contribution in [2.24, 2.45) is 10.9 Å². The molecule has 10 nitrogen and oxygen atoms in total. The molecule has 2 saturated heterocycles. The van der Waals surface area contributed by atoms with Gasteiger partial charge in [0.15, 0.2) is 5.58 Å². The van der Waals surface area contributed by atoms with Crippen LogP contribution in [0.15, 0.2) is 27.7 Å². The lowest BCUT2D eigenvalue weighted by molar-refractivity contribution is -0.948. The van der Waals surface area contributed by atoms with E-state index in [1.165, 1.54) is 12.1 Å². The Morgan fingerprint density at radius 3 is 2.83 bits per heavy atom. The summed E-state index contributed by atoms with van der Waals surface area (Å²) in [6.45, 7) is 7.68. The van der Waals surface area contributed by atoms with E-state index in [0.29, 0.717) is 48.4 Å². The number of alkyl carbamates (subject to hydrolysis) is 1. The van der Waals surface area contributed by atoms with Gasteiger partial charge in [-0.15, -0.1) is 0 Å². The van der Waals surface area contributed by atoms with Gasteiger partial charge in [0, 0.05) is 49.7 Å². The Balaban J connectivity index is 1.26. The van der Waals surface area contributed by atoms with Crippen molar-refractivity contribution >= 4 is 28.8 Å². The lowest BCUT2D eigenvalue weighted by Crippen LogP contribution is -2.58. The summed E-state index contributed by atoms with van der Waals surface area (Å²) in [5.74, 6) is 0.0538. The Kier molecular flexibility index (Phi) is 9.77. The summed E-state index contributed by atoms with van der Waals surface area (Å²) in [5.41, 5.74) is 1.29. The van der Waals surface area contributed by atoms with Crippen molar-refractivity contribution in [3.05, 3.63) is 29.7 Å². The molecule has 1 aromatic heterocycles. The Hall–Kier alpha value is -3.05. The number of piperidine rings is 2. The molecule has 0 radical (unpaired) electrons. The third-order valence-corrected chi connectivity index (χ3v) is 9.37. The van der Waals surface area contributed by atoms with Crippen LogP contribution in [0.2, 0.25) is 0 Å². The second kappa shape index (κ2) is 13.5. The number of hydrogen-bond donors (Lipinski definition) is 2. The average molecular weight is 587 g/mol. The van der Waals surface area contributed by atoms with Gasteiger partial charge in [0.25, 0.3) is 0 Å². The number of rotatable bonds is 11. The maximum absolute atomic E-state index is 13.7. The van der Waals surface area contributed by atoms with Gasteiger partial charge in [-0.25, -0.2) is 9.18 Å². The van der Waals surface area contributed by atoms with E-state index in [-0.39, 0.29) is 36.3 Å². The molecular weight excluding hydrogens is 541 g/mol. The fourth-order valence-corrected chi connectivity index (χ4v) is 6.75. The average Bonchev–Trinajstić information content (AvgIpc) is 3.40. The van der Waals surface area contributed by atoms with Crippen LogP contribution in [0.5, 0.6) is 0 Å². The summed E-state index contributed by atoms with van der Waals surface area (Å²) in [5, 5.41) is 18.4. The van der Waals surface area contributed by atoms with E-state index in [2.05, 4.69) is 17.4 Å². The number of amides is 2. The molecule has 11 heteroatoms. The number of likely N-dealkylation sites (tertiary alicyclic amines) is 1. The zero-order chi connectivity index (χ0) is 29.7. The Bertz CT molecular complexity index is 1270. The molecule has 4 heterocycles. The Morgan fingerprint density at radius 1 is 1.24 bits per heavy atom. The molecule has 5 rings (SSSR count). The smallest absolute Gasteiger partial charge is 0.399 e. The van der Waals surface area contributed by atoms with E-state index in [4.69, 9.17) is 14.3 Å². The van der Waals surface area contributed by atoms with Gasteiger partial charge in [-0.1, -0.05) is 31.3 Å². The molecule has 2 fully saturated rings. The van der Waals surface area contributed by atoms with Gasteiger partial charge in [-0.05, 0) is 38.3 Å². The lowest BCUT2D eigenvalue weighted by atomic mass is 9.88. The monoisotopic (exact) mass is 586 g/mol. The number of amidine groups is 1. The number of unbranched alkanes of at least 4 members (excludes halogenated alkanes) is 3. The molecule has 1 aromatic carbocycles. The van der Waals surface area contributed by atoms with Gasteiger partial charge < -0.3 is 19.7 Å². The van der Waals surface area contributed by atoms with Gasteiger partial charge in [0.05, 0.1) is 37.3 Å².